The van der Waals surface area contributed by atoms with Gasteiger partial charge in [-0.3, -0.25) is 9.80 Å². The summed E-state index contributed by atoms with van der Waals surface area (Å²) in [5, 5.41) is 0. The van der Waals surface area contributed by atoms with E-state index in [4.69, 9.17) is 5.73 Å². The summed E-state index contributed by atoms with van der Waals surface area (Å²) >= 11 is 0. The lowest BCUT2D eigenvalue weighted by atomic mass is 9.68. The third-order valence-electron chi connectivity index (χ3n) is 10.2. The molecule has 31 heavy (non-hydrogen) atoms. The van der Waals surface area contributed by atoms with Crippen LogP contribution in [0.25, 0.3) is 0 Å². The molecule has 2 aliphatic carbocycles. The van der Waals surface area contributed by atoms with Crippen molar-refractivity contribution in [1.82, 2.24) is 9.80 Å². The molecule has 9 rings (SSSR count). The molecule has 6 aliphatic heterocycles. The number of piperidine rings is 6. The molecule has 0 amide bonds. The minimum absolute atomic E-state index is 0. The average Bonchev–Trinajstić information content (AvgIpc) is 3.73. The van der Waals surface area contributed by atoms with Crippen molar-refractivity contribution in [3.63, 3.8) is 0 Å². The highest BCUT2D eigenvalue weighted by atomic mass is 15.3. The molecular formula is C28H45N3. The Hall–Kier alpha value is -0.900. The Morgan fingerprint density at radius 3 is 1.84 bits per heavy atom. The standard InChI is InChI=1S/C18H25N.C9H16N2.CH4/c1-14(15-5-3-2-4-6-15)13-17-16-7-11-19(12-8-16)18(17)9-10-18;10-8-7-1-5-11(6-2-7)9(8)3-4-9;/h2-6,14,16-17H,7-13H2,1H3;7-8H,1-6,10H2;1H4/t14-,17+;8-;/m01./s1. The first-order valence-electron chi connectivity index (χ1n) is 12.9. The van der Waals surface area contributed by atoms with Gasteiger partial charge >= 0.3 is 0 Å². The highest BCUT2D eigenvalue weighted by Gasteiger charge is 2.60. The Morgan fingerprint density at radius 1 is 0.839 bits per heavy atom. The molecule has 172 valence electrons. The third-order valence-corrected chi connectivity index (χ3v) is 10.2. The Balaban J connectivity index is 0.000000145. The molecule has 3 atom stereocenters. The van der Waals surface area contributed by atoms with Gasteiger partial charge < -0.3 is 5.73 Å². The van der Waals surface area contributed by atoms with Crippen molar-refractivity contribution in [2.75, 3.05) is 26.2 Å². The molecule has 0 radical (unpaired) electrons. The van der Waals surface area contributed by atoms with Crippen LogP contribution in [0.4, 0.5) is 0 Å². The number of fused-ring (bicyclic) bond motifs is 4. The molecule has 0 unspecified atom stereocenters. The maximum atomic E-state index is 6.22. The van der Waals surface area contributed by atoms with Crippen LogP contribution >= 0.6 is 0 Å². The maximum Gasteiger partial charge on any atom is 0.0364 e. The Morgan fingerprint density at radius 2 is 1.35 bits per heavy atom. The fourth-order valence-corrected chi connectivity index (χ4v) is 8.08. The summed E-state index contributed by atoms with van der Waals surface area (Å²) in [5.74, 6) is 3.59. The molecule has 4 bridgehead atoms. The number of nitrogens with zero attached hydrogens (tertiary/aromatic N) is 2. The fourth-order valence-electron chi connectivity index (χ4n) is 8.08. The smallest absolute Gasteiger partial charge is 0.0364 e. The zero-order valence-corrected chi connectivity index (χ0v) is 18.9. The largest absolute Gasteiger partial charge is 0.326 e. The summed E-state index contributed by atoms with van der Waals surface area (Å²) in [6.45, 7) is 7.88. The lowest BCUT2D eigenvalue weighted by molar-refractivity contribution is -0.0325. The summed E-state index contributed by atoms with van der Waals surface area (Å²) in [5.41, 5.74) is 8.93. The first-order valence-corrected chi connectivity index (χ1v) is 12.9. The predicted molar refractivity (Wildman–Crippen MR) is 130 cm³/mol. The second-order valence-corrected chi connectivity index (χ2v) is 11.5. The highest BCUT2D eigenvalue weighted by molar-refractivity contribution is 5.21. The molecule has 6 saturated heterocycles. The van der Waals surface area contributed by atoms with Gasteiger partial charge in [-0.05, 0) is 113 Å². The SMILES string of the molecule is C.C[C@@H](C[C@@H]1C2CCN(CC2)C12CC2)c1ccccc1.N[C@@H]1C2CCN(CC2)C12CC2. The van der Waals surface area contributed by atoms with Crippen molar-refractivity contribution in [2.45, 2.75) is 95.2 Å². The van der Waals surface area contributed by atoms with Gasteiger partial charge in [0.1, 0.15) is 0 Å². The lowest BCUT2D eigenvalue weighted by Gasteiger charge is -2.53. The van der Waals surface area contributed by atoms with E-state index in [1.165, 1.54) is 89.5 Å². The van der Waals surface area contributed by atoms with Gasteiger partial charge in [0.15, 0.2) is 0 Å². The number of hydrogen-bond acceptors (Lipinski definition) is 3. The summed E-state index contributed by atoms with van der Waals surface area (Å²) in [7, 11) is 0. The molecule has 2 spiro atoms. The molecule has 2 N–H and O–H groups in total. The van der Waals surface area contributed by atoms with Crippen LogP contribution in [-0.4, -0.2) is 53.1 Å². The van der Waals surface area contributed by atoms with Crippen molar-refractivity contribution < 1.29 is 0 Å². The van der Waals surface area contributed by atoms with Gasteiger partial charge in [-0.2, -0.15) is 0 Å². The molecular weight excluding hydrogens is 378 g/mol. The molecule has 6 heterocycles. The van der Waals surface area contributed by atoms with Crippen molar-refractivity contribution in [3.8, 4) is 0 Å². The highest BCUT2D eigenvalue weighted by Crippen LogP contribution is 2.59. The minimum atomic E-state index is 0. The van der Waals surface area contributed by atoms with Crippen LogP contribution in [-0.2, 0) is 0 Å². The van der Waals surface area contributed by atoms with E-state index in [2.05, 4.69) is 47.1 Å². The second-order valence-electron chi connectivity index (χ2n) is 11.5. The predicted octanol–water partition coefficient (Wildman–Crippen LogP) is 5.26. The van der Waals surface area contributed by atoms with Crippen LogP contribution < -0.4 is 5.73 Å². The van der Waals surface area contributed by atoms with E-state index in [9.17, 15) is 0 Å². The average molecular weight is 424 g/mol. The normalized spacial score (nSPS) is 40.6. The maximum absolute atomic E-state index is 6.22. The van der Waals surface area contributed by atoms with Gasteiger partial charge in [0.25, 0.3) is 0 Å². The van der Waals surface area contributed by atoms with Crippen molar-refractivity contribution >= 4 is 0 Å². The van der Waals surface area contributed by atoms with Gasteiger partial charge in [-0.1, -0.05) is 44.7 Å². The first-order chi connectivity index (χ1) is 14.6. The van der Waals surface area contributed by atoms with Crippen LogP contribution in [0.5, 0.6) is 0 Å². The number of nitrogens with two attached hydrogens (primary N) is 1. The summed E-state index contributed by atoms with van der Waals surface area (Å²) in [6, 6.07) is 11.7. The molecule has 3 heteroatoms. The summed E-state index contributed by atoms with van der Waals surface area (Å²) in [4.78, 5) is 5.49. The van der Waals surface area contributed by atoms with Crippen LogP contribution in [0.3, 0.4) is 0 Å². The monoisotopic (exact) mass is 423 g/mol. The van der Waals surface area contributed by atoms with Gasteiger partial charge in [-0.25, -0.2) is 0 Å². The van der Waals surface area contributed by atoms with E-state index in [-0.39, 0.29) is 7.43 Å². The van der Waals surface area contributed by atoms with Crippen LogP contribution in [0, 0.1) is 17.8 Å². The van der Waals surface area contributed by atoms with E-state index >= 15 is 0 Å². The second kappa shape index (κ2) is 8.15. The topological polar surface area (TPSA) is 32.5 Å². The molecule has 0 aromatic heterocycles. The van der Waals surface area contributed by atoms with E-state index in [1.54, 1.807) is 0 Å². The zero-order chi connectivity index (χ0) is 20.3. The van der Waals surface area contributed by atoms with Crippen molar-refractivity contribution in [1.29, 1.82) is 0 Å². The molecule has 8 aliphatic rings. The minimum Gasteiger partial charge on any atom is -0.326 e. The molecule has 2 saturated carbocycles. The number of rotatable bonds is 3. The van der Waals surface area contributed by atoms with Gasteiger partial charge in [0, 0.05) is 17.1 Å². The van der Waals surface area contributed by atoms with Crippen LogP contribution in [0.2, 0.25) is 0 Å². The fraction of sp³-hybridized carbons (Fsp3) is 0.786. The number of hydrogen-bond donors (Lipinski definition) is 1. The Bertz CT molecular complexity index is 733. The van der Waals surface area contributed by atoms with Gasteiger partial charge in [0.2, 0.25) is 0 Å². The summed E-state index contributed by atoms with van der Waals surface area (Å²) < 4.78 is 0. The van der Waals surface area contributed by atoms with Gasteiger partial charge in [-0.15, -0.1) is 0 Å². The quantitative estimate of drug-likeness (QED) is 0.719. The lowest BCUT2D eigenvalue weighted by Crippen LogP contribution is -2.63. The first kappa shape index (κ1) is 21.9. The van der Waals surface area contributed by atoms with E-state index in [1.807, 2.05) is 0 Å². The van der Waals surface area contributed by atoms with E-state index in [0.29, 0.717) is 17.1 Å². The van der Waals surface area contributed by atoms with E-state index in [0.717, 1.165) is 23.7 Å². The van der Waals surface area contributed by atoms with E-state index < -0.39 is 0 Å². The number of benzene rings is 1. The van der Waals surface area contributed by atoms with Gasteiger partial charge in [0.05, 0.1) is 0 Å². The molecule has 8 fully saturated rings. The molecule has 1 aromatic rings. The molecule has 3 nitrogen and oxygen atoms in total. The molecule has 1 aromatic carbocycles. The van der Waals surface area contributed by atoms with Crippen LogP contribution in [0.1, 0.15) is 83.6 Å². The Kier molecular flexibility index (Phi) is 5.76. The zero-order valence-electron chi connectivity index (χ0n) is 18.9. The Labute approximate surface area is 190 Å². The third kappa shape index (κ3) is 3.60. The van der Waals surface area contributed by atoms with Crippen molar-refractivity contribution in [3.05, 3.63) is 35.9 Å². The summed E-state index contributed by atoms with van der Waals surface area (Å²) in [6.07, 6.45) is 12.8. The van der Waals surface area contributed by atoms with Crippen LogP contribution in [0.15, 0.2) is 30.3 Å². The van der Waals surface area contributed by atoms with Crippen molar-refractivity contribution in [2.24, 2.45) is 23.5 Å².